The number of halogens is 2. The molecule has 2 rings (SSSR count). The summed E-state index contributed by atoms with van der Waals surface area (Å²) in [5.74, 6) is -0.810. The maximum Gasteiger partial charge on any atom is 0.325 e. The van der Waals surface area contributed by atoms with Gasteiger partial charge in [-0.3, -0.25) is 9.69 Å². The molecule has 0 radical (unpaired) electrons. The van der Waals surface area contributed by atoms with E-state index in [4.69, 9.17) is 11.6 Å². The van der Waals surface area contributed by atoms with Crippen LogP contribution in [-0.4, -0.2) is 29.1 Å². The summed E-state index contributed by atoms with van der Waals surface area (Å²) in [5, 5.41) is 9.99. The smallest absolute Gasteiger partial charge is 0.325 e. The number of piperidine rings is 1. The molecule has 3 nitrogen and oxygen atoms in total. The molecule has 0 saturated carbocycles. The third kappa shape index (κ3) is 3.05. The van der Waals surface area contributed by atoms with Gasteiger partial charge in [-0.1, -0.05) is 24.1 Å². The Morgan fingerprint density at radius 1 is 1.33 bits per heavy atom. The van der Waals surface area contributed by atoms with Crippen LogP contribution in [0.1, 0.15) is 30.9 Å². The molecule has 1 N–H and O–H groups in total. The van der Waals surface area contributed by atoms with E-state index in [1.165, 1.54) is 6.42 Å². The molecule has 1 aliphatic heterocycles. The van der Waals surface area contributed by atoms with E-state index in [1.807, 2.05) is 11.0 Å². The molecule has 1 unspecified atom stereocenters. The van der Waals surface area contributed by atoms with E-state index in [2.05, 4.69) is 15.9 Å². The minimum absolute atomic E-state index is 0.552. The largest absolute Gasteiger partial charge is 0.480 e. The van der Waals surface area contributed by atoms with Gasteiger partial charge in [0.05, 0.1) is 5.02 Å². The third-order valence-electron chi connectivity index (χ3n) is 3.25. The van der Waals surface area contributed by atoms with Crippen LogP contribution in [0.3, 0.4) is 0 Å². The summed E-state index contributed by atoms with van der Waals surface area (Å²) in [4.78, 5) is 13.5. The summed E-state index contributed by atoms with van der Waals surface area (Å²) in [6.07, 6.45) is 3.31. The van der Waals surface area contributed by atoms with Crippen LogP contribution in [0.25, 0.3) is 0 Å². The molecular weight excluding hydrogens is 318 g/mol. The van der Waals surface area contributed by atoms with Crippen LogP contribution < -0.4 is 0 Å². The molecule has 5 heteroatoms. The van der Waals surface area contributed by atoms with Crippen LogP contribution in [0.2, 0.25) is 5.02 Å². The van der Waals surface area contributed by atoms with Gasteiger partial charge in [0, 0.05) is 4.47 Å². The van der Waals surface area contributed by atoms with E-state index in [9.17, 15) is 9.90 Å². The number of hydrogen-bond acceptors (Lipinski definition) is 2. The maximum atomic E-state index is 11.5. The Morgan fingerprint density at radius 2 is 2.00 bits per heavy atom. The van der Waals surface area contributed by atoms with Gasteiger partial charge in [-0.25, -0.2) is 0 Å². The van der Waals surface area contributed by atoms with Crippen molar-refractivity contribution in [1.29, 1.82) is 0 Å². The van der Waals surface area contributed by atoms with Crippen molar-refractivity contribution in [3.8, 4) is 0 Å². The zero-order valence-corrected chi connectivity index (χ0v) is 12.2. The lowest BCUT2D eigenvalue weighted by Crippen LogP contribution is -2.37. The Labute approximate surface area is 120 Å². The van der Waals surface area contributed by atoms with E-state index in [-0.39, 0.29) is 0 Å². The molecule has 1 aliphatic rings. The number of likely N-dealkylation sites (tertiary alicyclic amines) is 1. The van der Waals surface area contributed by atoms with Crippen molar-refractivity contribution in [2.45, 2.75) is 25.3 Å². The van der Waals surface area contributed by atoms with Crippen LogP contribution in [0.4, 0.5) is 0 Å². The standard InChI is InChI=1S/C13H15BrClNO2/c14-10-5-4-9(8-11(10)15)12(13(17)18)16-6-2-1-3-7-16/h4-5,8,12H,1-3,6-7H2,(H,17,18). The fourth-order valence-corrected chi connectivity index (χ4v) is 2.80. The Balaban J connectivity index is 2.28. The number of hydrogen-bond donors (Lipinski definition) is 1. The lowest BCUT2D eigenvalue weighted by Gasteiger charge is -2.32. The van der Waals surface area contributed by atoms with E-state index in [1.54, 1.807) is 12.1 Å². The monoisotopic (exact) mass is 331 g/mol. The molecule has 0 amide bonds. The highest BCUT2D eigenvalue weighted by Crippen LogP contribution is 2.30. The number of carboxylic acid groups (broad SMARTS) is 1. The van der Waals surface area contributed by atoms with Crippen LogP contribution in [-0.2, 0) is 4.79 Å². The molecular formula is C13H15BrClNO2. The molecule has 0 aromatic heterocycles. The number of nitrogens with zero attached hydrogens (tertiary/aromatic N) is 1. The third-order valence-corrected chi connectivity index (χ3v) is 4.48. The topological polar surface area (TPSA) is 40.5 Å². The molecule has 1 aromatic carbocycles. The second kappa shape index (κ2) is 6.04. The van der Waals surface area contributed by atoms with Gasteiger partial charge in [0.1, 0.15) is 6.04 Å². The van der Waals surface area contributed by atoms with Crippen molar-refractivity contribution in [3.63, 3.8) is 0 Å². The Hall–Kier alpha value is -0.580. The first-order chi connectivity index (χ1) is 8.59. The van der Waals surface area contributed by atoms with Crippen LogP contribution >= 0.6 is 27.5 Å². The molecule has 0 aliphatic carbocycles. The van der Waals surface area contributed by atoms with Gasteiger partial charge in [0.25, 0.3) is 0 Å². The molecule has 1 heterocycles. The van der Waals surface area contributed by atoms with Gasteiger partial charge < -0.3 is 5.11 Å². The van der Waals surface area contributed by atoms with Gasteiger partial charge in [0.15, 0.2) is 0 Å². The Bertz CT molecular complexity index is 447. The van der Waals surface area contributed by atoms with Gasteiger partial charge in [-0.05, 0) is 59.6 Å². The first kappa shape index (κ1) is 13.8. The average molecular weight is 333 g/mol. The highest BCUT2D eigenvalue weighted by molar-refractivity contribution is 9.10. The fraction of sp³-hybridized carbons (Fsp3) is 0.462. The molecule has 0 spiro atoms. The number of rotatable bonds is 3. The first-order valence-electron chi connectivity index (χ1n) is 6.01. The van der Waals surface area contributed by atoms with Crippen molar-refractivity contribution in [2.24, 2.45) is 0 Å². The Morgan fingerprint density at radius 3 is 2.56 bits per heavy atom. The average Bonchev–Trinajstić information content (AvgIpc) is 2.35. The minimum atomic E-state index is -0.810. The molecule has 98 valence electrons. The van der Waals surface area contributed by atoms with Crippen molar-refractivity contribution in [1.82, 2.24) is 4.90 Å². The highest BCUT2D eigenvalue weighted by atomic mass is 79.9. The molecule has 18 heavy (non-hydrogen) atoms. The summed E-state index contributed by atoms with van der Waals surface area (Å²) in [6.45, 7) is 1.68. The van der Waals surface area contributed by atoms with Crippen molar-refractivity contribution in [2.75, 3.05) is 13.1 Å². The van der Waals surface area contributed by atoms with E-state index >= 15 is 0 Å². The zero-order chi connectivity index (χ0) is 13.1. The van der Waals surface area contributed by atoms with E-state index in [0.717, 1.165) is 36.0 Å². The van der Waals surface area contributed by atoms with Gasteiger partial charge in [-0.15, -0.1) is 0 Å². The zero-order valence-electron chi connectivity index (χ0n) is 9.90. The van der Waals surface area contributed by atoms with Crippen LogP contribution in [0.5, 0.6) is 0 Å². The second-order valence-corrected chi connectivity index (χ2v) is 5.77. The van der Waals surface area contributed by atoms with Crippen molar-refractivity contribution < 1.29 is 9.90 Å². The molecule has 0 bridgehead atoms. The lowest BCUT2D eigenvalue weighted by atomic mass is 10.0. The van der Waals surface area contributed by atoms with Crippen LogP contribution in [0, 0.1) is 0 Å². The maximum absolute atomic E-state index is 11.5. The highest BCUT2D eigenvalue weighted by Gasteiger charge is 2.28. The SMILES string of the molecule is O=C(O)C(c1ccc(Br)c(Cl)c1)N1CCCCC1. The van der Waals surface area contributed by atoms with Crippen molar-refractivity contribution in [3.05, 3.63) is 33.3 Å². The minimum Gasteiger partial charge on any atom is -0.480 e. The van der Waals surface area contributed by atoms with Crippen molar-refractivity contribution >= 4 is 33.5 Å². The summed E-state index contributed by atoms with van der Waals surface area (Å²) in [7, 11) is 0. The first-order valence-corrected chi connectivity index (χ1v) is 7.18. The predicted molar refractivity (Wildman–Crippen MR) is 75.0 cm³/mol. The van der Waals surface area contributed by atoms with Crippen LogP contribution in [0.15, 0.2) is 22.7 Å². The molecule has 1 aromatic rings. The fourth-order valence-electron chi connectivity index (χ4n) is 2.37. The normalized spacial score (nSPS) is 18.6. The van der Waals surface area contributed by atoms with Gasteiger partial charge >= 0.3 is 5.97 Å². The quantitative estimate of drug-likeness (QED) is 0.917. The predicted octanol–water partition coefficient (Wildman–Crippen LogP) is 3.71. The summed E-state index contributed by atoms with van der Waals surface area (Å²) >= 11 is 9.36. The summed E-state index contributed by atoms with van der Waals surface area (Å²) in [5.41, 5.74) is 0.748. The molecule has 1 saturated heterocycles. The second-order valence-electron chi connectivity index (χ2n) is 4.51. The van der Waals surface area contributed by atoms with E-state index in [0.29, 0.717) is 5.02 Å². The number of benzene rings is 1. The number of carbonyl (C=O) groups is 1. The summed E-state index contributed by atoms with van der Waals surface area (Å²) < 4.78 is 0.788. The van der Waals surface area contributed by atoms with Gasteiger partial charge in [0.2, 0.25) is 0 Å². The van der Waals surface area contributed by atoms with Gasteiger partial charge in [-0.2, -0.15) is 0 Å². The Kier molecular flexibility index (Phi) is 4.65. The summed E-state index contributed by atoms with van der Waals surface area (Å²) in [6, 6.07) is 4.77. The molecule has 1 fully saturated rings. The number of carboxylic acids is 1. The lowest BCUT2D eigenvalue weighted by molar-refractivity contribution is -0.144. The molecule has 1 atom stereocenters. The number of aliphatic carboxylic acids is 1. The van der Waals surface area contributed by atoms with E-state index < -0.39 is 12.0 Å².